The van der Waals surface area contributed by atoms with E-state index in [-0.39, 0.29) is 22.6 Å². The number of aryl methyl sites for hydroxylation is 1. The molecule has 0 nitrogen and oxygen atoms in total. The summed E-state index contributed by atoms with van der Waals surface area (Å²) in [6, 6.07) is 5.83. The Kier molecular flexibility index (Phi) is 8.51. The Morgan fingerprint density at radius 3 is 2.23 bits per heavy atom. The molecule has 2 fully saturated rings. The molecule has 2 aromatic rings. The summed E-state index contributed by atoms with van der Waals surface area (Å²) in [6.07, 6.45) is 15.3. The lowest BCUT2D eigenvalue weighted by Gasteiger charge is -2.42. The molecule has 188 valence electrons. The maximum absolute atomic E-state index is 15.3. The molecule has 35 heavy (non-hydrogen) atoms. The van der Waals surface area contributed by atoms with Crippen molar-refractivity contribution >= 4 is 0 Å². The molecule has 0 N–H and O–H groups in total. The van der Waals surface area contributed by atoms with E-state index in [4.69, 9.17) is 0 Å². The van der Waals surface area contributed by atoms with Crippen LogP contribution in [0.15, 0.2) is 49.1 Å². The quantitative estimate of drug-likeness (QED) is 0.258. The molecule has 2 saturated carbocycles. The molecule has 2 aliphatic carbocycles. The first-order valence-electron chi connectivity index (χ1n) is 13.1. The lowest BCUT2D eigenvalue weighted by atomic mass is 9.63. The Bertz CT molecular complexity index is 1070. The zero-order chi connectivity index (χ0) is 24.9. The second-order valence-electron chi connectivity index (χ2n) is 10.4. The van der Waals surface area contributed by atoms with Gasteiger partial charge in [-0.15, -0.1) is 6.58 Å². The van der Waals surface area contributed by atoms with E-state index in [9.17, 15) is 8.78 Å². The number of allylic oxidation sites excluding steroid dienone is 3. The summed E-state index contributed by atoms with van der Waals surface area (Å²) in [4.78, 5) is 0. The molecule has 2 aromatic carbocycles. The molecule has 4 atom stereocenters. The first-order chi connectivity index (χ1) is 16.9. The van der Waals surface area contributed by atoms with Gasteiger partial charge in [0.05, 0.1) is 0 Å². The van der Waals surface area contributed by atoms with Gasteiger partial charge in [-0.2, -0.15) is 0 Å². The van der Waals surface area contributed by atoms with Gasteiger partial charge in [0.15, 0.2) is 23.3 Å². The minimum absolute atomic E-state index is 0.0277. The van der Waals surface area contributed by atoms with Gasteiger partial charge in [0.2, 0.25) is 0 Å². The summed E-state index contributed by atoms with van der Waals surface area (Å²) < 4.78 is 59.9. The van der Waals surface area contributed by atoms with Gasteiger partial charge in [0, 0.05) is 11.1 Å². The van der Waals surface area contributed by atoms with E-state index in [0.29, 0.717) is 30.2 Å². The fourth-order valence-electron chi connectivity index (χ4n) is 6.37. The fourth-order valence-corrected chi connectivity index (χ4v) is 6.37. The van der Waals surface area contributed by atoms with Crippen LogP contribution in [0.4, 0.5) is 17.6 Å². The molecule has 0 aliphatic heterocycles. The highest BCUT2D eigenvalue weighted by molar-refractivity contribution is 5.66. The van der Waals surface area contributed by atoms with Crippen molar-refractivity contribution in [3.63, 3.8) is 0 Å². The van der Waals surface area contributed by atoms with Crippen LogP contribution in [-0.2, 0) is 6.42 Å². The van der Waals surface area contributed by atoms with Crippen LogP contribution in [0.5, 0.6) is 0 Å². The van der Waals surface area contributed by atoms with Gasteiger partial charge in [0.1, 0.15) is 0 Å². The Labute approximate surface area is 207 Å². The van der Waals surface area contributed by atoms with Gasteiger partial charge < -0.3 is 0 Å². The Hall–Kier alpha value is -2.36. The van der Waals surface area contributed by atoms with Crippen molar-refractivity contribution in [3.8, 4) is 11.1 Å². The maximum Gasteiger partial charge on any atom is 0.167 e. The molecule has 4 unspecified atom stereocenters. The third-order valence-corrected chi connectivity index (χ3v) is 8.32. The van der Waals surface area contributed by atoms with Gasteiger partial charge >= 0.3 is 0 Å². The molecular formula is C31H36F4. The number of hydrogen-bond donors (Lipinski definition) is 0. The summed E-state index contributed by atoms with van der Waals surface area (Å²) in [5.41, 5.74) is 0.154. The van der Waals surface area contributed by atoms with Gasteiger partial charge in [-0.1, -0.05) is 48.9 Å². The van der Waals surface area contributed by atoms with Gasteiger partial charge in [0.25, 0.3) is 0 Å². The molecule has 0 radical (unpaired) electrons. The van der Waals surface area contributed by atoms with E-state index in [2.05, 4.69) is 6.58 Å². The topological polar surface area (TPSA) is 0 Å². The average Bonchev–Trinajstić information content (AvgIpc) is 2.87. The van der Waals surface area contributed by atoms with Gasteiger partial charge in [-0.3, -0.25) is 0 Å². The number of hydrogen-bond acceptors (Lipinski definition) is 0. The second kappa shape index (κ2) is 11.6. The first-order valence-corrected chi connectivity index (χ1v) is 13.1. The second-order valence-corrected chi connectivity index (χ2v) is 10.4. The SMILES string of the molecule is C=CCCC1CCC2CC(c3ccc(-c4ccc(CC/C=C/C)c(F)c4F)c(F)c3F)CCC2C1. The van der Waals surface area contributed by atoms with Crippen molar-refractivity contribution in [2.75, 3.05) is 0 Å². The van der Waals surface area contributed by atoms with E-state index in [1.54, 1.807) is 6.07 Å². The van der Waals surface area contributed by atoms with Crippen LogP contribution in [0.25, 0.3) is 11.1 Å². The van der Waals surface area contributed by atoms with Gasteiger partial charge in [-0.05, 0) is 99.5 Å². The Morgan fingerprint density at radius 2 is 1.49 bits per heavy atom. The molecule has 0 spiro atoms. The van der Waals surface area contributed by atoms with Crippen molar-refractivity contribution in [2.45, 2.75) is 77.0 Å². The third kappa shape index (κ3) is 5.57. The summed E-state index contributed by atoms with van der Waals surface area (Å²) in [5.74, 6) is -2.16. The molecular weight excluding hydrogens is 448 g/mol. The molecule has 2 aliphatic rings. The van der Waals surface area contributed by atoms with Gasteiger partial charge in [-0.25, -0.2) is 17.6 Å². The summed E-state index contributed by atoms with van der Waals surface area (Å²) in [6.45, 7) is 5.69. The molecule has 0 amide bonds. The van der Waals surface area contributed by atoms with E-state index in [1.807, 2.05) is 25.2 Å². The first kappa shape index (κ1) is 25.7. The highest BCUT2D eigenvalue weighted by Crippen LogP contribution is 2.49. The lowest BCUT2D eigenvalue weighted by molar-refractivity contribution is 0.114. The molecule has 0 bridgehead atoms. The van der Waals surface area contributed by atoms with E-state index < -0.39 is 23.3 Å². The average molecular weight is 485 g/mol. The Balaban J connectivity index is 1.50. The van der Waals surface area contributed by atoms with E-state index in [0.717, 1.165) is 38.0 Å². The van der Waals surface area contributed by atoms with Crippen LogP contribution < -0.4 is 0 Å². The van der Waals surface area contributed by atoms with Crippen molar-refractivity contribution < 1.29 is 17.6 Å². The van der Waals surface area contributed by atoms with Crippen LogP contribution in [0, 0.1) is 41.0 Å². The smallest absolute Gasteiger partial charge is 0.167 e. The highest BCUT2D eigenvalue weighted by atomic mass is 19.2. The van der Waals surface area contributed by atoms with E-state index in [1.165, 1.54) is 37.5 Å². The molecule has 4 rings (SSSR count). The minimum Gasteiger partial charge on any atom is -0.203 e. The van der Waals surface area contributed by atoms with Crippen LogP contribution in [0.1, 0.15) is 81.8 Å². The van der Waals surface area contributed by atoms with Crippen molar-refractivity contribution in [2.24, 2.45) is 17.8 Å². The number of rotatable bonds is 8. The molecule has 4 heteroatoms. The molecule has 0 heterocycles. The van der Waals surface area contributed by atoms with Crippen molar-refractivity contribution in [3.05, 3.63) is 83.5 Å². The monoisotopic (exact) mass is 484 g/mol. The highest BCUT2D eigenvalue weighted by Gasteiger charge is 2.37. The number of halogens is 4. The van der Waals surface area contributed by atoms with Crippen LogP contribution in [-0.4, -0.2) is 0 Å². The zero-order valence-electron chi connectivity index (χ0n) is 20.6. The minimum atomic E-state index is -1.12. The largest absolute Gasteiger partial charge is 0.203 e. The summed E-state index contributed by atoms with van der Waals surface area (Å²) in [7, 11) is 0. The van der Waals surface area contributed by atoms with E-state index >= 15 is 8.78 Å². The molecule has 0 aromatic heterocycles. The molecule has 0 saturated heterocycles. The van der Waals surface area contributed by atoms with Crippen LogP contribution in [0.2, 0.25) is 0 Å². The van der Waals surface area contributed by atoms with Crippen molar-refractivity contribution in [1.29, 1.82) is 0 Å². The zero-order valence-corrected chi connectivity index (χ0v) is 20.6. The fraction of sp³-hybridized carbons (Fsp3) is 0.484. The maximum atomic E-state index is 15.3. The number of fused-ring (bicyclic) bond motifs is 1. The van der Waals surface area contributed by atoms with Crippen LogP contribution in [0.3, 0.4) is 0 Å². The third-order valence-electron chi connectivity index (χ3n) is 8.32. The number of benzene rings is 2. The predicted molar refractivity (Wildman–Crippen MR) is 135 cm³/mol. The van der Waals surface area contributed by atoms with Crippen LogP contribution >= 0.6 is 0 Å². The summed E-state index contributed by atoms with van der Waals surface area (Å²) in [5, 5.41) is 0. The lowest BCUT2D eigenvalue weighted by Crippen LogP contribution is -2.30. The summed E-state index contributed by atoms with van der Waals surface area (Å²) >= 11 is 0. The predicted octanol–water partition coefficient (Wildman–Crippen LogP) is 9.68. The standard InChI is InChI=1S/C31H36F4/c1-3-5-7-9-21-14-15-26(30(34)28(21)32)27-17-16-25(29(33)31(27)35)24-13-12-22-18-20(8-6-4-2)10-11-23(22)19-24/h3-5,14-17,20,22-24H,2,6-13,18-19H2,1H3/b5-3+. The normalized spacial score (nSPS) is 24.5. The Morgan fingerprint density at radius 1 is 0.800 bits per heavy atom. The van der Waals surface area contributed by atoms with Crippen molar-refractivity contribution in [1.82, 2.24) is 0 Å².